The molecule has 3 aromatic rings. The third kappa shape index (κ3) is 5.06. The molecule has 1 aromatic heterocycles. The number of carbonyl (C=O) groups excluding carboxylic acids is 2. The van der Waals surface area contributed by atoms with Gasteiger partial charge in [-0.15, -0.1) is 0 Å². The zero-order valence-electron chi connectivity index (χ0n) is 18.9. The van der Waals surface area contributed by atoms with Gasteiger partial charge in [-0.2, -0.15) is 18.3 Å². The summed E-state index contributed by atoms with van der Waals surface area (Å²) in [5, 5.41) is 8.25. The Morgan fingerprint density at radius 3 is 2.53 bits per heavy atom. The average Bonchev–Trinajstić information content (AvgIpc) is 3.15. The molecule has 2 heterocycles. The Kier molecular flexibility index (Phi) is 6.60. The van der Waals surface area contributed by atoms with Crippen molar-refractivity contribution in [2.24, 2.45) is 5.92 Å². The Bertz CT molecular complexity index is 1200. The van der Waals surface area contributed by atoms with E-state index in [0.29, 0.717) is 38.3 Å². The minimum absolute atomic E-state index is 0.166. The van der Waals surface area contributed by atoms with Gasteiger partial charge in [-0.1, -0.05) is 0 Å². The summed E-state index contributed by atoms with van der Waals surface area (Å²) >= 11 is 0. The number of nitrogens with zero attached hydrogens (tertiary/aromatic N) is 3. The lowest BCUT2D eigenvalue weighted by atomic mass is 9.98. The van der Waals surface area contributed by atoms with E-state index < -0.39 is 11.7 Å². The van der Waals surface area contributed by atoms with E-state index in [-0.39, 0.29) is 23.3 Å². The number of aryl methyl sites for hydroxylation is 1. The largest absolute Gasteiger partial charge is 0.416 e. The van der Waals surface area contributed by atoms with E-state index in [1.54, 1.807) is 16.7 Å². The molecular formula is C24H25F3N4O3. The second kappa shape index (κ2) is 9.46. The zero-order chi connectivity index (χ0) is 24.5. The van der Waals surface area contributed by atoms with Crippen molar-refractivity contribution < 1.29 is 27.5 Å². The van der Waals surface area contributed by atoms with Crippen molar-refractivity contribution >= 4 is 22.7 Å². The molecule has 10 heteroatoms. The monoisotopic (exact) mass is 474 g/mol. The SMILES string of the molecule is COCCNC(=O)c1cc2cn(CC3CN(C(=O)c4ccc(C(F)(F)F)cc4)C3)nc2cc1C. The number of amides is 2. The van der Waals surface area contributed by atoms with Gasteiger partial charge >= 0.3 is 6.18 Å². The molecule has 2 amide bonds. The van der Waals surface area contributed by atoms with Crippen LogP contribution in [0, 0.1) is 12.8 Å². The van der Waals surface area contributed by atoms with Gasteiger partial charge in [0.05, 0.1) is 17.7 Å². The van der Waals surface area contributed by atoms with E-state index in [4.69, 9.17) is 4.74 Å². The second-order valence-electron chi connectivity index (χ2n) is 8.48. The number of likely N-dealkylation sites (tertiary alicyclic amines) is 1. The fourth-order valence-corrected chi connectivity index (χ4v) is 4.03. The summed E-state index contributed by atoms with van der Waals surface area (Å²) in [4.78, 5) is 26.6. The van der Waals surface area contributed by atoms with Crippen LogP contribution in [0.3, 0.4) is 0 Å². The van der Waals surface area contributed by atoms with Crippen molar-refractivity contribution in [2.45, 2.75) is 19.6 Å². The summed E-state index contributed by atoms with van der Waals surface area (Å²) in [5.74, 6) is -0.262. The molecular weight excluding hydrogens is 449 g/mol. The average molecular weight is 474 g/mol. The normalized spacial score (nSPS) is 14.3. The van der Waals surface area contributed by atoms with Gasteiger partial charge in [0.25, 0.3) is 11.8 Å². The number of nitrogens with one attached hydrogen (secondary N) is 1. The number of hydrogen-bond acceptors (Lipinski definition) is 4. The van der Waals surface area contributed by atoms with Crippen LogP contribution in [-0.2, 0) is 17.5 Å². The van der Waals surface area contributed by atoms with Crippen LogP contribution in [0.5, 0.6) is 0 Å². The number of benzene rings is 2. The molecule has 1 fully saturated rings. The standard InChI is InChI=1S/C24H25F3N4O3/c1-15-9-21-18(10-20(15)22(32)28-7-8-34-2)14-31(29-21)13-16-11-30(12-16)23(33)17-3-5-19(6-4-17)24(25,26)27/h3-6,9-10,14,16H,7-8,11-13H2,1-2H3,(H,28,32). The maximum Gasteiger partial charge on any atom is 0.416 e. The van der Waals surface area contributed by atoms with Gasteiger partial charge in [-0.05, 0) is 48.9 Å². The summed E-state index contributed by atoms with van der Waals surface area (Å²) in [7, 11) is 1.57. The Labute approximate surface area is 194 Å². The van der Waals surface area contributed by atoms with Crippen LogP contribution in [0.25, 0.3) is 10.9 Å². The lowest BCUT2D eigenvalue weighted by Gasteiger charge is -2.39. The minimum Gasteiger partial charge on any atom is -0.383 e. The highest BCUT2D eigenvalue weighted by Crippen LogP contribution is 2.30. The van der Waals surface area contributed by atoms with Crippen LogP contribution in [0.15, 0.2) is 42.6 Å². The molecule has 7 nitrogen and oxygen atoms in total. The van der Waals surface area contributed by atoms with Crippen LogP contribution in [0.4, 0.5) is 13.2 Å². The first-order chi connectivity index (χ1) is 16.2. The molecule has 180 valence electrons. The van der Waals surface area contributed by atoms with Crippen LogP contribution in [0.2, 0.25) is 0 Å². The number of ether oxygens (including phenoxy) is 1. The molecule has 1 aliphatic rings. The Morgan fingerprint density at radius 2 is 1.88 bits per heavy atom. The molecule has 2 aromatic carbocycles. The van der Waals surface area contributed by atoms with Gasteiger partial charge in [0.15, 0.2) is 0 Å². The van der Waals surface area contributed by atoms with E-state index in [2.05, 4.69) is 10.4 Å². The van der Waals surface area contributed by atoms with E-state index in [0.717, 1.165) is 28.6 Å². The van der Waals surface area contributed by atoms with Gasteiger partial charge < -0.3 is 15.0 Å². The van der Waals surface area contributed by atoms with Crippen LogP contribution in [-0.4, -0.2) is 59.8 Å². The third-order valence-electron chi connectivity index (χ3n) is 5.88. The van der Waals surface area contributed by atoms with Crippen molar-refractivity contribution in [1.29, 1.82) is 0 Å². The first kappa shape index (κ1) is 23.7. The van der Waals surface area contributed by atoms with Crippen LogP contribution in [0.1, 0.15) is 31.8 Å². The van der Waals surface area contributed by atoms with Crippen LogP contribution < -0.4 is 5.32 Å². The number of aromatic nitrogens is 2. The number of halogens is 3. The molecule has 0 saturated carbocycles. The summed E-state index contributed by atoms with van der Waals surface area (Å²) in [6, 6.07) is 7.96. The molecule has 0 radical (unpaired) electrons. The number of carbonyl (C=O) groups is 2. The predicted molar refractivity (Wildman–Crippen MR) is 120 cm³/mol. The first-order valence-electron chi connectivity index (χ1n) is 10.9. The highest BCUT2D eigenvalue weighted by atomic mass is 19.4. The van der Waals surface area contributed by atoms with Crippen molar-refractivity contribution in [3.8, 4) is 0 Å². The predicted octanol–water partition coefficient (Wildman–Crippen LogP) is 3.51. The lowest BCUT2D eigenvalue weighted by Crippen LogP contribution is -2.51. The minimum atomic E-state index is -4.43. The Balaban J connectivity index is 1.36. The molecule has 0 bridgehead atoms. The van der Waals surface area contributed by atoms with Crippen LogP contribution >= 0.6 is 0 Å². The molecule has 0 spiro atoms. The lowest BCUT2D eigenvalue weighted by molar-refractivity contribution is -0.137. The summed E-state index contributed by atoms with van der Waals surface area (Å²) in [6.07, 6.45) is -2.55. The van der Waals surface area contributed by atoms with Crippen molar-refractivity contribution in [3.63, 3.8) is 0 Å². The highest BCUT2D eigenvalue weighted by molar-refractivity contribution is 5.99. The third-order valence-corrected chi connectivity index (χ3v) is 5.88. The summed E-state index contributed by atoms with van der Waals surface area (Å²) in [5.41, 5.74) is 1.65. The maximum absolute atomic E-state index is 12.7. The molecule has 0 atom stereocenters. The molecule has 4 rings (SSSR count). The molecule has 0 aliphatic carbocycles. The van der Waals surface area contributed by atoms with Gasteiger partial charge in [0.1, 0.15) is 0 Å². The summed E-state index contributed by atoms with van der Waals surface area (Å²) in [6.45, 7) is 4.32. The van der Waals surface area contributed by atoms with E-state index in [9.17, 15) is 22.8 Å². The second-order valence-corrected chi connectivity index (χ2v) is 8.48. The topological polar surface area (TPSA) is 76.5 Å². The fraction of sp³-hybridized carbons (Fsp3) is 0.375. The molecule has 34 heavy (non-hydrogen) atoms. The summed E-state index contributed by atoms with van der Waals surface area (Å²) < 4.78 is 44.9. The number of alkyl halides is 3. The number of fused-ring (bicyclic) bond motifs is 1. The molecule has 1 saturated heterocycles. The Morgan fingerprint density at radius 1 is 1.18 bits per heavy atom. The van der Waals surface area contributed by atoms with Gasteiger partial charge in [-0.25, -0.2) is 0 Å². The maximum atomic E-state index is 12.7. The van der Waals surface area contributed by atoms with Crippen molar-refractivity contribution in [2.75, 3.05) is 33.4 Å². The van der Waals surface area contributed by atoms with Gasteiger partial charge in [-0.3, -0.25) is 14.3 Å². The van der Waals surface area contributed by atoms with E-state index in [1.165, 1.54) is 12.1 Å². The smallest absolute Gasteiger partial charge is 0.383 e. The quantitative estimate of drug-likeness (QED) is 0.532. The van der Waals surface area contributed by atoms with E-state index >= 15 is 0 Å². The Hall–Kier alpha value is -3.40. The van der Waals surface area contributed by atoms with Gasteiger partial charge in [0.2, 0.25) is 0 Å². The molecule has 1 aliphatic heterocycles. The molecule has 0 unspecified atom stereocenters. The zero-order valence-corrected chi connectivity index (χ0v) is 18.9. The molecule has 1 N–H and O–H groups in total. The van der Waals surface area contributed by atoms with Crippen molar-refractivity contribution in [3.05, 3.63) is 64.8 Å². The first-order valence-corrected chi connectivity index (χ1v) is 10.9. The number of hydrogen-bond donors (Lipinski definition) is 1. The van der Waals surface area contributed by atoms with Crippen molar-refractivity contribution in [1.82, 2.24) is 20.0 Å². The van der Waals surface area contributed by atoms with E-state index in [1.807, 2.05) is 25.3 Å². The highest BCUT2D eigenvalue weighted by Gasteiger charge is 2.33. The number of rotatable bonds is 7. The number of methoxy groups -OCH3 is 1. The fourth-order valence-electron chi connectivity index (χ4n) is 4.03. The van der Waals surface area contributed by atoms with Gasteiger partial charge in [0, 0.05) is 61.9 Å².